The van der Waals surface area contributed by atoms with Gasteiger partial charge in [-0.1, -0.05) is 23.2 Å². The van der Waals surface area contributed by atoms with Crippen molar-refractivity contribution in [3.05, 3.63) is 54.6 Å². The third kappa shape index (κ3) is 2.72. The quantitative estimate of drug-likeness (QED) is 0.860. The lowest BCUT2D eigenvalue weighted by atomic mass is 10.2. The van der Waals surface area contributed by atoms with Crippen molar-refractivity contribution in [2.75, 3.05) is 5.32 Å². The van der Waals surface area contributed by atoms with E-state index in [9.17, 15) is 19.5 Å². The van der Waals surface area contributed by atoms with E-state index in [1.165, 1.54) is 32.3 Å². The van der Waals surface area contributed by atoms with Crippen LogP contribution in [0.25, 0.3) is 0 Å². The molecule has 0 saturated heterocycles. The number of rotatable bonds is 2. The van der Waals surface area contributed by atoms with Crippen LogP contribution in [0.15, 0.2) is 27.8 Å². The monoisotopic (exact) mass is 343 g/mol. The standard InChI is InChI=1S/C13H11Cl2N3O4/c1-17-11(20)9(12(21)18(2)13(17)22)10(19)16-8-4-3-6(14)5-7(8)15/h3-5,20H,1-2H3,(H,16,19). The average Bonchev–Trinajstić information content (AvgIpc) is 2.46. The Bertz CT molecular complexity index is 886. The molecule has 2 N–H and O–H groups in total. The van der Waals surface area contributed by atoms with E-state index in [4.69, 9.17) is 23.2 Å². The van der Waals surface area contributed by atoms with E-state index in [0.29, 0.717) is 5.02 Å². The number of aromatic hydroxyl groups is 1. The van der Waals surface area contributed by atoms with Crippen LogP contribution in [0, 0.1) is 0 Å². The number of nitrogens with one attached hydrogen (secondary N) is 1. The third-order valence-electron chi connectivity index (χ3n) is 3.04. The molecular formula is C13H11Cl2N3O4. The number of carbonyl (C=O) groups excluding carboxylic acids is 1. The Kier molecular flexibility index (Phi) is 4.30. The highest BCUT2D eigenvalue weighted by Crippen LogP contribution is 2.26. The molecular weight excluding hydrogens is 333 g/mol. The van der Waals surface area contributed by atoms with Gasteiger partial charge in [-0.3, -0.25) is 18.7 Å². The Morgan fingerprint density at radius 1 is 1.18 bits per heavy atom. The van der Waals surface area contributed by atoms with Crippen molar-refractivity contribution in [1.82, 2.24) is 9.13 Å². The fourth-order valence-electron chi connectivity index (χ4n) is 1.81. The van der Waals surface area contributed by atoms with Gasteiger partial charge in [0.2, 0.25) is 5.88 Å². The Labute approximate surface area is 134 Å². The first-order valence-corrected chi connectivity index (χ1v) is 6.75. The van der Waals surface area contributed by atoms with Crippen LogP contribution in [0.2, 0.25) is 10.0 Å². The van der Waals surface area contributed by atoms with Gasteiger partial charge in [-0.05, 0) is 18.2 Å². The zero-order valence-corrected chi connectivity index (χ0v) is 13.1. The van der Waals surface area contributed by atoms with Crippen LogP contribution in [0.1, 0.15) is 10.4 Å². The number of halogens is 2. The van der Waals surface area contributed by atoms with Gasteiger partial charge in [0.05, 0.1) is 10.7 Å². The molecule has 2 rings (SSSR count). The van der Waals surface area contributed by atoms with E-state index in [0.717, 1.165) is 9.13 Å². The number of hydrogen-bond donors (Lipinski definition) is 2. The minimum absolute atomic E-state index is 0.169. The topological polar surface area (TPSA) is 93.3 Å². The van der Waals surface area contributed by atoms with E-state index in [1.807, 2.05) is 0 Å². The Balaban J connectivity index is 2.51. The van der Waals surface area contributed by atoms with Gasteiger partial charge in [0.1, 0.15) is 0 Å². The maximum Gasteiger partial charge on any atom is 0.333 e. The molecule has 116 valence electrons. The maximum atomic E-state index is 12.2. The molecule has 9 heteroatoms. The number of amides is 1. The van der Waals surface area contributed by atoms with Gasteiger partial charge < -0.3 is 10.4 Å². The molecule has 0 aliphatic heterocycles. The molecule has 0 spiro atoms. The smallest absolute Gasteiger partial charge is 0.333 e. The molecule has 2 aromatic rings. The second-order valence-corrected chi connectivity index (χ2v) is 5.33. The number of aromatic nitrogens is 2. The molecule has 1 aromatic heterocycles. The zero-order chi connectivity index (χ0) is 16.6. The van der Waals surface area contributed by atoms with Gasteiger partial charge in [0, 0.05) is 19.1 Å². The predicted molar refractivity (Wildman–Crippen MR) is 83.0 cm³/mol. The maximum absolute atomic E-state index is 12.2. The van der Waals surface area contributed by atoms with Crippen LogP contribution in [-0.2, 0) is 14.1 Å². The van der Waals surface area contributed by atoms with Crippen LogP contribution in [0.4, 0.5) is 5.69 Å². The molecule has 7 nitrogen and oxygen atoms in total. The van der Waals surface area contributed by atoms with Crippen LogP contribution in [0.5, 0.6) is 5.88 Å². The number of carbonyl (C=O) groups is 1. The highest BCUT2D eigenvalue weighted by molar-refractivity contribution is 6.36. The molecule has 0 saturated carbocycles. The van der Waals surface area contributed by atoms with E-state index in [2.05, 4.69) is 5.32 Å². The van der Waals surface area contributed by atoms with Crippen molar-refractivity contribution < 1.29 is 9.90 Å². The summed E-state index contributed by atoms with van der Waals surface area (Å²) in [6.45, 7) is 0. The first-order valence-electron chi connectivity index (χ1n) is 5.99. The summed E-state index contributed by atoms with van der Waals surface area (Å²) in [6, 6.07) is 4.37. The highest BCUT2D eigenvalue weighted by atomic mass is 35.5. The lowest BCUT2D eigenvalue weighted by Gasteiger charge is -2.11. The minimum atomic E-state index is -0.914. The predicted octanol–water partition coefficient (Wildman–Crippen LogP) is 1.35. The molecule has 0 atom stereocenters. The van der Waals surface area contributed by atoms with Gasteiger partial charge in [-0.25, -0.2) is 4.79 Å². The number of benzene rings is 1. The lowest BCUT2D eigenvalue weighted by molar-refractivity contribution is 0.102. The van der Waals surface area contributed by atoms with Crippen molar-refractivity contribution in [3.63, 3.8) is 0 Å². The van der Waals surface area contributed by atoms with Crippen LogP contribution < -0.4 is 16.6 Å². The van der Waals surface area contributed by atoms with E-state index >= 15 is 0 Å². The number of nitrogens with zero attached hydrogens (tertiary/aromatic N) is 2. The van der Waals surface area contributed by atoms with E-state index in [1.54, 1.807) is 0 Å². The fourth-order valence-corrected chi connectivity index (χ4v) is 2.26. The number of hydrogen-bond acceptors (Lipinski definition) is 4. The van der Waals surface area contributed by atoms with E-state index in [-0.39, 0.29) is 10.7 Å². The van der Waals surface area contributed by atoms with Gasteiger partial charge in [0.25, 0.3) is 11.5 Å². The molecule has 22 heavy (non-hydrogen) atoms. The molecule has 1 heterocycles. The summed E-state index contributed by atoms with van der Waals surface area (Å²) in [6.07, 6.45) is 0. The van der Waals surface area contributed by atoms with Gasteiger partial charge >= 0.3 is 5.69 Å². The summed E-state index contributed by atoms with van der Waals surface area (Å²) in [7, 11) is 2.44. The summed E-state index contributed by atoms with van der Waals surface area (Å²) in [5.74, 6) is -1.62. The molecule has 1 amide bonds. The van der Waals surface area contributed by atoms with Crippen molar-refractivity contribution in [2.24, 2.45) is 14.1 Å². The van der Waals surface area contributed by atoms with Crippen LogP contribution in [-0.4, -0.2) is 20.1 Å². The molecule has 0 radical (unpaired) electrons. The molecule has 1 aromatic carbocycles. The van der Waals surface area contributed by atoms with Gasteiger partial charge in [0.15, 0.2) is 5.56 Å². The summed E-state index contributed by atoms with van der Waals surface area (Å²) >= 11 is 11.7. The van der Waals surface area contributed by atoms with E-state index < -0.39 is 28.6 Å². The zero-order valence-electron chi connectivity index (χ0n) is 11.6. The molecule has 0 aliphatic rings. The number of anilines is 1. The highest BCUT2D eigenvalue weighted by Gasteiger charge is 2.22. The lowest BCUT2D eigenvalue weighted by Crippen LogP contribution is -2.40. The van der Waals surface area contributed by atoms with Crippen molar-refractivity contribution in [2.45, 2.75) is 0 Å². The SMILES string of the molecule is Cn1c(O)c(C(=O)Nc2ccc(Cl)cc2Cl)c(=O)n(C)c1=O. The van der Waals surface area contributed by atoms with Crippen molar-refractivity contribution in [3.8, 4) is 5.88 Å². The van der Waals surface area contributed by atoms with Crippen molar-refractivity contribution in [1.29, 1.82) is 0 Å². The second kappa shape index (κ2) is 5.86. The largest absolute Gasteiger partial charge is 0.494 e. The average molecular weight is 344 g/mol. The molecule has 0 aliphatic carbocycles. The van der Waals surface area contributed by atoms with Crippen LogP contribution >= 0.6 is 23.2 Å². The van der Waals surface area contributed by atoms with Crippen molar-refractivity contribution >= 4 is 34.8 Å². The third-order valence-corrected chi connectivity index (χ3v) is 3.59. The minimum Gasteiger partial charge on any atom is -0.494 e. The Hall–Kier alpha value is -2.25. The Morgan fingerprint density at radius 2 is 1.82 bits per heavy atom. The molecule has 0 fully saturated rings. The summed E-state index contributed by atoms with van der Waals surface area (Å²) in [5, 5.41) is 12.8. The van der Waals surface area contributed by atoms with Gasteiger partial charge in [-0.15, -0.1) is 0 Å². The first-order chi connectivity index (χ1) is 10.2. The molecule has 0 bridgehead atoms. The normalized spacial score (nSPS) is 10.5. The summed E-state index contributed by atoms with van der Waals surface area (Å²) < 4.78 is 1.51. The first kappa shape index (κ1) is 16.1. The summed E-state index contributed by atoms with van der Waals surface area (Å²) in [5.41, 5.74) is -2.01. The fraction of sp³-hybridized carbons (Fsp3) is 0.154. The van der Waals surface area contributed by atoms with Crippen LogP contribution in [0.3, 0.4) is 0 Å². The molecule has 0 unspecified atom stereocenters. The second-order valence-electron chi connectivity index (χ2n) is 4.48. The van der Waals surface area contributed by atoms with Gasteiger partial charge in [-0.2, -0.15) is 0 Å². The Morgan fingerprint density at radius 3 is 2.41 bits per heavy atom. The summed E-state index contributed by atoms with van der Waals surface area (Å²) in [4.78, 5) is 35.9.